The molecule has 1 N–H and O–H groups in total. The van der Waals surface area contributed by atoms with Gasteiger partial charge >= 0.3 is 0 Å². The Balaban J connectivity index is 2.04. The van der Waals surface area contributed by atoms with Crippen LogP contribution >= 0.6 is 11.6 Å². The molecule has 38 heavy (non-hydrogen) atoms. The first-order valence-electron chi connectivity index (χ1n) is 12.5. The van der Waals surface area contributed by atoms with Gasteiger partial charge in [0.1, 0.15) is 12.6 Å². The van der Waals surface area contributed by atoms with Crippen molar-refractivity contribution in [3.05, 3.63) is 95.0 Å². The first-order valence-corrected chi connectivity index (χ1v) is 14.3. The molecule has 3 aromatic rings. The van der Waals surface area contributed by atoms with Crippen LogP contribution in [-0.2, 0) is 26.2 Å². The second kappa shape index (κ2) is 12.9. The Labute approximate surface area is 230 Å². The van der Waals surface area contributed by atoms with Gasteiger partial charge in [-0.25, -0.2) is 8.42 Å². The van der Waals surface area contributed by atoms with E-state index in [1.165, 1.54) is 17.0 Å². The number of nitrogens with one attached hydrogen (secondary N) is 1. The maximum atomic E-state index is 13.9. The number of hydrogen-bond acceptors (Lipinski definition) is 4. The van der Waals surface area contributed by atoms with Crippen molar-refractivity contribution in [2.45, 2.75) is 57.6 Å². The zero-order valence-corrected chi connectivity index (χ0v) is 23.7. The van der Waals surface area contributed by atoms with Crippen LogP contribution in [0.4, 0.5) is 5.69 Å². The summed E-state index contributed by atoms with van der Waals surface area (Å²) in [5.74, 6) is -0.820. The van der Waals surface area contributed by atoms with Gasteiger partial charge in [-0.3, -0.25) is 13.9 Å². The van der Waals surface area contributed by atoms with Gasteiger partial charge in [0, 0.05) is 17.6 Å². The quantitative estimate of drug-likeness (QED) is 0.353. The summed E-state index contributed by atoms with van der Waals surface area (Å²) in [6.07, 6.45) is 0.738. The van der Waals surface area contributed by atoms with Gasteiger partial charge < -0.3 is 10.2 Å². The lowest BCUT2D eigenvalue weighted by atomic mass is 10.1. The molecule has 7 nitrogen and oxygen atoms in total. The summed E-state index contributed by atoms with van der Waals surface area (Å²) >= 11 is 6.34. The van der Waals surface area contributed by atoms with Crippen molar-refractivity contribution in [3.63, 3.8) is 0 Å². The summed E-state index contributed by atoms with van der Waals surface area (Å²) in [4.78, 5) is 28.4. The third-order valence-corrected chi connectivity index (χ3v) is 8.67. The van der Waals surface area contributed by atoms with E-state index in [-0.39, 0.29) is 23.4 Å². The van der Waals surface area contributed by atoms with E-state index in [4.69, 9.17) is 11.6 Å². The van der Waals surface area contributed by atoms with Crippen LogP contribution in [-0.4, -0.2) is 43.8 Å². The summed E-state index contributed by atoms with van der Waals surface area (Å²) in [5, 5.41) is 3.31. The van der Waals surface area contributed by atoms with Crippen LogP contribution in [0.1, 0.15) is 38.3 Å². The highest BCUT2D eigenvalue weighted by Crippen LogP contribution is 2.31. The van der Waals surface area contributed by atoms with Gasteiger partial charge in [-0.15, -0.1) is 0 Å². The number of sulfonamides is 1. The van der Waals surface area contributed by atoms with Crippen LogP contribution < -0.4 is 9.62 Å². The molecule has 0 aliphatic carbocycles. The third-order valence-electron chi connectivity index (χ3n) is 6.48. The van der Waals surface area contributed by atoms with Crippen molar-refractivity contribution < 1.29 is 18.0 Å². The maximum Gasteiger partial charge on any atom is 0.264 e. The summed E-state index contributed by atoms with van der Waals surface area (Å²) in [6, 6.07) is 21.3. The molecule has 0 heterocycles. The van der Waals surface area contributed by atoms with Crippen LogP contribution in [0.3, 0.4) is 0 Å². The van der Waals surface area contributed by atoms with Crippen molar-refractivity contribution in [2.75, 3.05) is 10.8 Å². The Hall–Kier alpha value is -3.36. The monoisotopic (exact) mass is 555 g/mol. The van der Waals surface area contributed by atoms with Crippen molar-refractivity contribution in [1.82, 2.24) is 10.2 Å². The second-order valence-corrected chi connectivity index (χ2v) is 11.5. The lowest BCUT2D eigenvalue weighted by Gasteiger charge is -2.33. The smallest absolute Gasteiger partial charge is 0.264 e. The normalized spacial score (nSPS) is 12.9. The molecule has 2 atom stereocenters. The van der Waals surface area contributed by atoms with Crippen LogP contribution in [0.15, 0.2) is 83.8 Å². The van der Waals surface area contributed by atoms with Gasteiger partial charge in [-0.1, -0.05) is 73.1 Å². The van der Waals surface area contributed by atoms with Crippen molar-refractivity contribution in [3.8, 4) is 0 Å². The van der Waals surface area contributed by atoms with Gasteiger partial charge in [-0.2, -0.15) is 0 Å². The standard InChI is InChI=1S/C29H34ClN3O4S/c1-5-21(2)31-29(35)23(4)32(19-24-13-8-6-9-14-24)28(34)20-33(27-18-12-17-26(30)22(27)3)38(36,37)25-15-10-7-11-16-25/h6-18,21,23H,5,19-20H2,1-4H3,(H,31,35)/t21-,23-/m0/s1. The fourth-order valence-electron chi connectivity index (χ4n) is 3.93. The van der Waals surface area contributed by atoms with E-state index < -0.39 is 28.5 Å². The molecule has 202 valence electrons. The number of carbonyl (C=O) groups excluding carboxylic acids is 2. The topological polar surface area (TPSA) is 86.8 Å². The maximum absolute atomic E-state index is 13.9. The van der Waals surface area contributed by atoms with Crippen molar-refractivity contribution in [1.29, 1.82) is 0 Å². The second-order valence-electron chi connectivity index (χ2n) is 9.21. The Morgan fingerprint density at radius 1 is 0.921 bits per heavy atom. The molecule has 0 radical (unpaired) electrons. The Morgan fingerprint density at radius 2 is 1.53 bits per heavy atom. The molecule has 0 spiro atoms. The highest BCUT2D eigenvalue weighted by Gasteiger charge is 2.33. The first kappa shape index (κ1) is 29.2. The summed E-state index contributed by atoms with van der Waals surface area (Å²) in [7, 11) is -4.14. The minimum Gasteiger partial charge on any atom is -0.352 e. The molecule has 0 unspecified atom stereocenters. The number of anilines is 1. The van der Waals surface area contributed by atoms with Gasteiger partial charge in [0.05, 0.1) is 10.6 Å². The minimum absolute atomic E-state index is 0.0457. The molecule has 2 amide bonds. The minimum atomic E-state index is -4.14. The zero-order chi connectivity index (χ0) is 27.9. The molecular formula is C29H34ClN3O4S. The molecule has 9 heteroatoms. The van der Waals surface area contributed by atoms with E-state index in [1.807, 2.05) is 44.2 Å². The van der Waals surface area contributed by atoms with Crippen LogP contribution in [0.2, 0.25) is 5.02 Å². The molecular weight excluding hydrogens is 522 g/mol. The van der Waals surface area contributed by atoms with Gasteiger partial charge in [0.25, 0.3) is 10.0 Å². The summed E-state index contributed by atoms with van der Waals surface area (Å²) in [6.45, 7) is 6.85. The molecule has 3 rings (SSSR count). The lowest BCUT2D eigenvalue weighted by molar-refractivity contribution is -0.139. The Bertz CT molecular complexity index is 1350. The van der Waals surface area contributed by atoms with E-state index in [0.717, 1.165) is 16.3 Å². The number of benzene rings is 3. The highest BCUT2D eigenvalue weighted by atomic mass is 35.5. The Morgan fingerprint density at radius 3 is 2.13 bits per heavy atom. The van der Waals surface area contributed by atoms with Crippen molar-refractivity contribution in [2.24, 2.45) is 0 Å². The fourth-order valence-corrected chi connectivity index (χ4v) is 5.59. The summed E-state index contributed by atoms with van der Waals surface area (Å²) in [5.41, 5.74) is 1.64. The lowest BCUT2D eigenvalue weighted by Crippen LogP contribution is -2.52. The van der Waals surface area contributed by atoms with E-state index in [2.05, 4.69) is 5.32 Å². The number of hydrogen-bond donors (Lipinski definition) is 1. The largest absolute Gasteiger partial charge is 0.352 e. The molecule has 0 aliphatic rings. The Kier molecular flexibility index (Phi) is 9.94. The van der Waals surface area contributed by atoms with E-state index in [0.29, 0.717) is 16.3 Å². The highest BCUT2D eigenvalue weighted by molar-refractivity contribution is 7.92. The van der Waals surface area contributed by atoms with Gasteiger partial charge in [0.2, 0.25) is 11.8 Å². The molecule has 0 bridgehead atoms. The molecule has 3 aromatic carbocycles. The number of amides is 2. The average molecular weight is 556 g/mol. The predicted molar refractivity (Wildman–Crippen MR) is 152 cm³/mol. The molecule has 0 fully saturated rings. The van der Waals surface area contributed by atoms with Crippen LogP contribution in [0, 0.1) is 6.92 Å². The fraction of sp³-hybridized carbons (Fsp3) is 0.310. The SMILES string of the molecule is CC[C@H](C)NC(=O)[C@H](C)N(Cc1ccccc1)C(=O)CN(c1cccc(Cl)c1C)S(=O)(=O)c1ccccc1. The first-order chi connectivity index (χ1) is 18.1. The van der Waals surface area contributed by atoms with Gasteiger partial charge in [0.15, 0.2) is 0 Å². The zero-order valence-electron chi connectivity index (χ0n) is 22.1. The number of carbonyl (C=O) groups is 2. The number of halogens is 1. The summed E-state index contributed by atoms with van der Waals surface area (Å²) < 4.78 is 28.7. The average Bonchev–Trinajstić information content (AvgIpc) is 2.92. The van der Waals surface area contributed by atoms with Crippen LogP contribution in [0.25, 0.3) is 0 Å². The van der Waals surface area contributed by atoms with Crippen molar-refractivity contribution >= 4 is 39.1 Å². The van der Waals surface area contributed by atoms with E-state index >= 15 is 0 Å². The number of rotatable bonds is 11. The van der Waals surface area contributed by atoms with Crippen LogP contribution in [0.5, 0.6) is 0 Å². The molecule has 0 aliphatic heterocycles. The van der Waals surface area contributed by atoms with E-state index in [9.17, 15) is 18.0 Å². The van der Waals surface area contributed by atoms with E-state index in [1.54, 1.807) is 50.2 Å². The predicted octanol–water partition coefficient (Wildman–Crippen LogP) is 5.18. The third kappa shape index (κ3) is 6.94. The molecule has 0 saturated carbocycles. The molecule has 0 aromatic heterocycles. The number of nitrogens with zero attached hydrogens (tertiary/aromatic N) is 2. The van der Waals surface area contributed by atoms with Gasteiger partial charge in [-0.05, 0) is 62.6 Å². The molecule has 0 saturated heterocycles.